The van der Waals surface area contributed by atoms with E-state index in [1.807, 2.05) is 53.2 Å². The standard InChI is InChI=1S/C20H21N2O4/c23-10-7-22-6-2-1-3-18(22)17-13-15-4-5-16(14-19(15)26-20(17)24)21-8-11-25-12-9-21/h1-6,13-14,23H,7-12H2/q+1. The molecule has 134 valence electrons. The molecule has 4 rings (SSSR count). The van der Waals surface area contributed by atoms with Crippen LogP contribution in [-0.2, 0) is 11.3 Å². The molecule has 1 aliphatic rings. The summed E-state index contributed by atoms with van der Waals surface area (Å²) >= 11 is 0. The quantitative estimate of drug-likeness (QED) is 0.570. The maximum Gasteiger partial charge on any atom is 0.350 e. The number of hydrogen-bond donors (Lipinski definition) is 1. The van der Waals surface area contributed by atoms with Gasteiger partial charge in [0.2, 0.25) is 5.69 Å². The number of pyridine rings is 1. The molecule has 0 atom stereocenters. The Balaban J connectivity index is 1.77. The number of aliphatic hydroxyl groups is 1. The Labute approximate surface area is 150 Å². The molecule has 1 aliphatic heterocycles. The Bertz CT molecular complexity index is 977. The number of anilines is 1. The average Bonchev–Trinajstić information content (AvgIpc) is 2.68. The van der Waals surface area contributed by atoms with Gasteiger partial charge in [-0.1, -0.05) is 0 Å². The van der Waals surface area contributed by atoms with Crippen LogP contribution in [0.1, 0.15) is 0 Å². The Kier molecular flexibility index (Phi) is 4.69. The maximum atomic E-state index is 12.6. The molecule has 0 aliphatic carbocycles. The van der Waals surface area contributed by atoms with E-state index in [1.54, 1.807) is 0 Å². The number of hydrogen-bond acceptors (Lipinski definition) is 5. The van der Waals surface area contributed by atoms with E-state index in [4.69, 9.17) is 9.15 Å². The van der Waals surface area contributed by atoms with Crippen molar-refractivity contribution in [1.29, 1.82) is 0 Å². The van der Waals surface area contributed by atoms with Crippen molar-refractivity contribution in [3.05, 3.63) is 59.1 Å². The fourth-order valence-corrected chi connectivity index (χ4v) is 3.32. The summed E-state index contributed by atoms with van der Waals surface area (Å²) in [7, 11) is 0. The molecule has 0 radical (unpaired) electrons. The van der Waals surface area contributed by atoms with Crippen molar-refractivity contribution in [2.24, 2.45) is 0 Å². The molecule has 3 aromatic rings. The molecular formula is C20H21N2O4+. The third-order valence-electron chi connectivity index (χ3n) is 4.65. The van der Waals surface area contributed by atoms with Gasteiger partial charge in [0.15, 0.2) is 12.7 Å². The second-order valence-electron chi connectivity index (χ2n) is 6.27. The fraction of sp³-hybridized carbons (Fsp3) is 0.300. The molecule has 0 amide bonds. The van der Waals surface area contributed by atoms with Gasteiger partial charge in [-0.2, -0.15) is 4.57 Å². The van der Waals surface area contributed by atoms with Gasteiger partial charge in [-0.3, -0.25) is 0 Å². The molecule has 1 aromatic carbocycles. The maximum absolute atomic E-state index is 12.6. The zero-order valence-corrected chi connectivity index (χ0v) is 14.4. The van der Waals surface area contributed by atoms with Crippen LogP contribution in [-0.4, -0.2) is 38.0 Å². The largest absolute Gasteiger partial charge is 0.422 e. The number of rotatable bonds is 4. The molecule has 6 nitrogen and oxygen atoms in total. The second kappa shape index (κ2) is 7.27. The number of ether oxygens (including phenoxy) is 1. The van der Waals surface area contributed by atoms with E-state index < -0.39 is 0 Å². The zero-order chi connectivity index (χ0) is 17.9. The Morgan fingerprint density at radius 3 is 2.77 bits per heavy atom. The number of benzene rings is 1. The SMILES string of the molecule is O=c1oc2cc(N3CCOCC3)ccc2cc1-c1cccc[n+]1CCO. The molecule has 6 heteroatoms. The predicted octanol–water partition coefficient (Wildman–Crippen LogP) is 1.58. The summed E-state index contributed by atoms with van der Waals surface area (Å²) in [5, 5.41) is 10.1. The number of fused-ring (bicyclic) bond motifs is 1. The van der Waals surface area contributed by atoms with Gasteiger partial charge in [-0.05, 0) is 24.3 Å². The van der Waals surface area contributed by atoms with E-state index in [2.05, 4.69) is 4.90 Å². The van der Waals surface area contributed by atoms with Crippen LogP contribution in [0.25, 0.3) is 22.2 Å². The number of aromatic nitrogens is 1. The molecular weight excluding hydrogens is 332 g/mol. The van der Waals surface area contributed by atoms with Crippen LogP contribution in [0.5, 0.6) is 0 Å². The third-order valence-corrected chi connectivity index (χ3v) is 4.65. The van der Waals surface area contributed by atoms with Crippen LogP contribution in [0.2, 0.25) is 0 Å². The van der Waals surface area contributed by atoms with Crippen molar-refractivity contribution in [1.82, 2.24) is 0 Å². The second-order valence-corrected chi connectivity index (χ2v) is 6.27. The van der Waals surface area contributed by atoms with Crippen molar-refractivity contribution >= 4 is 16.7 Å². The lowest BCUT2D eigenvalue weighted by atomic mass is 10.1. The summed E-state index contributed by atoms with van der Waals surface area (Å²) in [5.41, 5.74) is 2.45. The average molecular weight is 353 g/mol. The van der Waals surface area contributed by atoms with Crippen LogP contribution in [0, 0.1) is 0 Å². The number of morpholine rings is 1. The van der Waals surface area contributed by atoms with Crippen molar-refractivity contribution in [3.63, 3.8) is 0 Å². The highest BCUT2D eigenvalue weighted by Gasteiger charge is 2.18. The number of aliphatic hydroxyl groups excluding tert-OH is 1. The minimum absolute atomic E-state index is 0.00348. The molecule has 1 saturated heterocycles. The highest BCUT2D eigenvalue weighted by Crippen LogP contribution is 2.24. The lowest BCUT2D eigenvalue weighted by Gasteiger charge is -2.28. The van der Waals surface area contributed by atoms with Gasteiger partial charge in [0, 0.05) is 42.4 Å². The summed E-state index contributed by atoms with van der Waals surface area (Å²) in [6.07, 6.45) is 1.84. The van der Waals surface area contributed by atoms with Gasteiger partial charge in [-0.25, -0.2) is 4.79 Å². The van der Waals surface area contributed by atoms with E-state index in [-0.39, 0.29) is 12.2 Å². The zero-order valence-electron chi connectivity index (χ0n) is 14.4. The van der Waals surface area contributed by atoms with Crippen LogP contribution in [0.3, 0.4) is 0 Å². The fourth-order valence-electron chi connectivity index (χ4n) is 3.32. The first-order valence-electron chi connectivity index (χ1n) is 8.76. The van der Waals surface area contributed by atoms with Crippen molar-refractivity contribution in [3.8, 4) is 11.3 Å². The molecule has 2 aromatic heterocycles. The van der Waals surface area contributed by atoms with Crippen LogP contribution >= 0.6 is 0 Å². The van der Waals surface area contributed by atoms with Crippen LogP contribution < -0.4 is 15.1 Å². The van der Waals surface area contributed by atoms with E-state index in [1.165, 1.54) is 0 Å². The molecule has 26 heavy (non-hydrogen) atoms. The molecule has 1 fully saturated rings. The van der Waals surface area contributed by atoms with Gasteiger partial charge >= 0.3 is 5.63 Å². The Morgan fingerprint density at radius 1 is 1.12 bits per heavy atom. The Hall–Kier alpha value is -2.70. The summed E-state index contributed by atoms with van der Waals surface area (Å²) < 4.78 is 12.9. The normalized spacial score (nSPS) is 14.7. The Morgan fingerprint density at radius 2 is 1.96 bits per heavy atom. The lowest BCUT2D eigenvalue weighted by Crippen LogP contribution is -2.38. The summed E-state index contributed by atoms with van der Waals surface area (Å²) in [6, 6.07) is 13.4. The first-order chi connectivity index (χ1) is 12.8. The molecule has 0 saturated carbocycles. The van der Waals surface area contributed by atoms with Crippen molar-refractivity contribution in [2.75, 3.05) is 37.8 Å². The van der Waals surface area contributed by atoms with Crippen LogP contribution in [0.4, 0.5) is 5.69 Å². The predicted molar refractivity (Wildman–Crippen MR) is 98.2 cm³/mol. The summed E-state index contributed by atoms with van der Waals surface area (Å²) in [4.78, 5) is 14.8. The molecule has 0 unspecified atom stereocenters. The summed E-state index contributed by atoms with van der Waals surface area (Å²) in [6.45, 7) is 3.50. The topological polar surface area (TPSA) is 66.8 Å². The van der Waals surface area contributed by atoms with E-state index in [0.29, 0.717) is 30.9 Å². The minimum Gasteiger partial charge on any atom is -0.422 e. The van der Waals surface area contributed by atoms with E-state index >= 15 is 0 Å². The first-order valence-corrected chi connectivity index (χ1v) is 8.76. The molecule has 1 N–H and O–H groups in total. The number of nitrogens with zero attached hydrogens (tertiary/aromatic N) is 2. The highest BCUT2D eigenvalue weighted by atomic mass is 16.5. The molecule has 0 bridgehead atoms. The molecule has 3 heterocycles. The highest BCUT2D eigenvalue weighted by molar-refractivity contribution is 5.83. The van der Waals surface area contributed by atoms with Gasteiger partial charge in [0.05, 0.1) is 13.2 Å². The van der Waals surface area contributed by atoms with Crippen molar-refractivity contribution in [2.45, 2.75) is 6.54 Å². The smallest absolute Gasteiger partial charge is 0.350 e. The van der Waals surface area contributed by atoms with E-state index in [9.17, 15) is 9.90 Å². The molecule has 0 spiro atoms. The van der Waals surface area contributed by atoms with Crippen molar-refractivity contribution < 1.29 is 18.8 Å². The minimum atomic E-state index is -0.380. The summed E-state index contributed by atoms with van der Waals surface area (Å²) in [5.74, 6) is 0. The van der Waals surface area contributed by atoms with Gasteiger partial charge in [0.1, 0.15) is 17.8 Å². The first kappa shape index (κ1) is 16.8. The van der Waals surface area contributed by atoms with Gasteiger partial charge in [0.25, 0.3) is 0 Å². The van der Waals surface area contributed by atoms with Gasteiger partial charge < -0.3 is 19.2 Å². The van der Waals surface area contributed by atoms with Gasteiger partial charge in [-0.15, -0.1) is 0 Å². The lowest BCUT2D eigenvalue weighted by molar-refractivity contribution is -0.687. The monoisotopic (exact) mass is 353 g/mol. The van der Waals surface area contributed by atoms with Crippen LogP contribution in [0.15, 0.2) is 57.9 Å². The van der Waals surface area contributed by atoms with E-state index in [0.717, 1.165) is 29.9 Å². The third kappa shape index (κ3) is 3.21.